The number of hydrogen-bond acceptors (Lipinski definition) is 4. The van der Waals surface area contributed by atoms with Gasteiger partial charge in [0.1, 0.15) is 12.1 Å². The van der Waals surface area contributed by atoms with Gasteiger partial charge in [0.15, 0.2) is 0 Å². The van der Waals surface area contributed by atoms with Crippen LogP contribution in [0.2, 0.25) is 0 Å². The number of amides is 3. The first-order chi connectivity index (χ1) is 14.6. The summed E-state index contributed by atoms with van der Waals surface area (Å²) in [5.41, 5.74) is -3.77. The molecule has 3 saturated heterocycles. The standard InChI is InChI=1S/C20H23F3N4O3S/c21-20(22,23)31(24)15-3-1-13(2-4-15)5-14-6-18(7-14)8-26(9-18)17(29)27-10-19(11-27)12-30-16(28)25-19/h1-4,14,24H,5-12H2,(H,25,28)/t31-/m1/s1. The highest BCUT2D eigenvalue weighted by Gasteiger charge is 2.57. The molecule has 3 aliphatic heterocycles. The van der Waals surface area contributed by atoms with Gasteiger partial charge in [0.2, 0.25) is 0 Å². The minimum atomic E-state index is -4.52. The number of alkyl carbamates (subject to hydrolysis) is 1. The molecule has 3 heterocycles. The summed E-state index contributed by atoms with van der Waals surface area (Å²) in [6.07, 6.45) is 2.41. The summed E-state index contributed by atoms with van der Waals surface area (Å²) < 4.78 is 50.2. The summed E-state index contributed by atoms with van der Waals surface area (Å²) in [6.45, 7) is 2.74. The van der Waals surface area contributed by atoms with Crippen molar-refractivity contribution in [2.45, 2.75) is 35.2 Å². The van der Waals surface area contributed by atoms with Crippen molar-refractivity contribution in [2.24, 2.45) is 11.3 Å². The van der Waals surface area contributed by atoms with Gasteiger partial charge in [-0.1, -0.05) is 12.1 Å². The highest BCUT2D eigenvalue weighted by atomic mass is 32.2. The van der Waals surface area contributed by atoms with E-state index in [0.29, 0.717) is 25.6 Å². The molecule has 4 fully saturated rings. The number of carbonyl (C=O) groups excluding carboxylic acids is 2. The molecule has 1 aromatic rings. The van der Waals surface area contributed by atoms with E-state index in [1.165, 1.54) is 12.1 Å². The van der Waals surface area contributed by atoms with Crippen LogP contribution in [0.15, 0.2) is 29.2 Å². The van der Waals surface area contributed by atoms with Crippen LogP contribution in [0.25, 0.3) is 0 Å². The van der Waals surface area contributed by atoms with Crippen LogP contribution in [0.1, 0.15) is 18.4 Å². The maximum absolute atomic E-state index is 12.7. The van der Waals surface area contributed by atoms with Crippen LogP contribution in [-0.4, -0.2) is 65.8 Å². The van der Waals surface area contributed by atoms with Gasteiger partial charge < -0.3 is 19.9 Å². The number of nitrogens with zero attached hydrogens (tertiary/aromatic N) is 2. The molecule has 0 bridgehead atoms. The van der Waals surface area contributed by atoms with E-state index in [1.54, 1.807) is 17.0 Å². The molecule has 0 radical (unpaired) electrons. The van der Waals surface area contributed by atoms with Gasteiger partial charge in [0.05, 0.1) is 13.1 Å². The molecular weight excluding hydrogens is 433 g/mol. The van der Waals surface area contributed by atoms with E-state index in [2.05, 4.69) is 5.32 Å². The molecule has 0 aromatic heterocycles. The third kappa shape index (κ3) is 3.66. The second-order valence-corrected chi connectivity index (χ2v) is 10.9. The first-order valence-electron chi connectivity index (χ1n) is 10.2. The summed E-state index contributed by atoms with van der Waals surface area (Å²) in [6, 6.07) is 6.22. The van der Waals surface area contributed by atoms with Gasteiger partial charge in [-0.15, -0.1) is 0 Å². The Morgan fingerprint density at radius 2 is 1.77 bits per heavy atom. The average molecular weight is 456 g/mol. The molecule has 1 aromatic carbocycles. The summed E-state index contributed by atoms with van der Waals surface area (Å²) in [5.74, 6) is 0.470. The fourth-order valence-corrected chi connectivity index (χ4v) is 6.05. The highest BCUT2D eigenvalue weighted by Crippen LogP contribution is 2.53. The Kier molecular flexibility index (Phi) is 4.55. The number of ether oxygens (including phenoxy) is 1. The van der Waals surface area contributed by atoms with Gasteiger partial charge in [-0.25, -0.2) is 9.59 Å². The Morgan fingerprint density at radius 3 is 2.32 bits per heavy atom. The van der Waals surface area contributed by atoms with Crippen LogP contribution in [0.3, 0.4) is 0 Å². The maximum Gasteiger partial charge on any atom is 0.456 e. The summed E-state index contributed by atoms with van der Waals surface area (Å²) in [7, 11) is -2.50. The number of alkyl halides is 3. The van der Waals surface area contributed by atoms with Gasteiger partial charge in [-0.2, -0.15) is 13.2 Å². The zero-order valence-corrected chi connectivity index (χ0v) is 17.5. The maximum atomic E-state index is 12.7. The number of benzene rings is 1. The van der Waals surface area contributed by atoms with Crippen molar-refractivity contribution in [3.63, 3.8) is 0 Å². The molecular formula is C20H23F3N4O3S. The highest BCUT2D eigenvalue weighted by molar-refractivity contribution is 7.87. The quantitative estimate of drug-likeness (QED) is 0.733. The molecule has 4 aliphatic rings. The number of cyclic esters (lactones) is 1. The Labute approximate surface area is 179 Å². The molecule has 7 nitrogen and oxygen atoms in total. The van der Waals surface area contributed by atoms with Crippen molar-refractivity contribution < 1.29 is 27.5 Å². The number of likely N-dealkylation sites (tertiary alicyclic amines) is 2. The molecule has 2 N–H and O–H groups in total. The van der Waals surface area contributed by atoms with Crippen molar-refractivity contribution in [1.82, 2.24) is 15.1 Å². The molecule has 2 spiro atoms. The minimum Gasteiger partial charge on any atom is -0.447 e. The number of hydrogen-bond donors (Lipinski definition) is 2. The molecule has 3 amide bonds. The first-order valence-corrected chi connectivity index (χ1v) is 11.4. The lowest BCUT2D eigenvalue weighted by Crippen LogP contribution is -2.74. The van der Waals surface area contributed by atoms with Crippen molar-refractivity contribution in [3.05, 3.63) is 29.8 Å². The number of carbonyl (C=O) groups is 2. The lowest BCUT2D eigenvalue weighted by atomic mass is 9.56. The zero-order chi connectivity index (χ0) is 22.0. The molecule has 0 unspecified atom stereocenters. The fraction of sp³-hybridized carbons (Fsp3) is 0.600. The zero-order valence-electron chi connectivity index (χ0n) is 16.7. The van der Waals surface area contributed by atoms with Crippen LogP contribution >= 0.6 is 0 Å². The van der Waals surface area contributed by atoms with Gasteiger partial charge in [-0.05, 0) is 42.9 Å². The third-order valence-electron chi connectivity index (χ3n) is 6.79. The third-order valence-corrected chi connectivity index (χ3v) is 7.99. The van der Waals surface area contributed by atoms with Crippen LogP contribution in [0.5, 0.6) is 0 Å². The predicted molar refractivity (Wildman–Crippen MR) is 105 cm³/mol. The SMILES string of the molecule is N=[S@](c1ccc(CC2CC3(C2)CN(C(=O)N2CC4(COC(=O)N4)C2)C3)cc1)C(F)(F)F. The van der Waals surface area contributed by atoms with Crippen molar-refractivity contribution >= 4 is 22.8 Å². The van der Waals surface area contributed by atoms with Crippen molar-refractivity contribution in [1.29, 1.82) is 4.78 Å². The Hall–Kier alpha value is -2.30. The van der Waals surface area contributed by atoms with Crippen LogP contribution in [0.4, 0.5) is 22.8 Å². The van der Waals surface area contributed by atoms with E-state index in [9.17, 15) is 22.8 Å². The number of rotatable bonds is 3. The normalized spacial score (nSPS) is 24.8. The second-order valence-electron chi connectivity index (χ2n) is 9.35. The molecule has 168 valence electrons. The van der Waals surface area contributed by atoms with Crippen molar-refractivity contribution in [3.8, 4) is 0 Å². The molecule has 5 rings (SSSR count). The van der Waals surface area contributed by atoms with Crippen LogP contribution in [0, 0.1) is 16.1 Å². The van der Waals surface area contributed by atoms with Gasteiger partial charge in [0, 0.05) is 34.1 Å². The number of halogens is 3. The second kappa shape index (κ2) is 6.85. The van der Waals surface area contributed by atoms with E-state index in [-0.39, 0.29) is 16.3 Å². The average Bonchev–Trinajstić information content (AvgIpc) is 3.02. The number of urea groups is 1. The van der Waals surface area contributed by atoms with E-state index in [0.717, 1.165) is 37.9 Å². The van der Waals surface area contributed by atoms with Crippen molar-refractivity contribution in [2.75, 3.05) is 32.8 Å². The minimum absolute atomic E-state index is 0.00637. The molecule has 1 aliphatic carbocycles. The summed E-state index contributed by atoms with van der Waals surface area (Å²) in [4.78, 5) is 27.4. The molecule has 1 saturated carbocycles. The van der Waals surface area contributed by atoms with Gasteiger partial charge in [0.25, 0.3) is 0 Å². The largest absolute Gasteiger partial charge is 0.456 e. The van der Waals surface area contributed by atoms with E-state index in [1.807, 2.05) is 4.90 Å². The Morgan fingerprint density at radius 1 is 1.16 bits per heavy atom. The monoisotopic (exact) mass is 456 g/mol. The topological polar surface area (TPSA) is 85.7 Å². The lowest BCUT2D eigenvalue weighted by Gasteiger charge is -2.61. The Balaban J connectivity index is 1.06. The predicted octanol–water partition coefficient (Wildman–Crippen LogP) is 3.11. The fourth-order valence-electron chi connectivity index (χ4n) is 5.38. The van der Waals surface area contributed by atoms with Crippen LogP contribution in [-0.2, 0) is 21.8 Å². The molecule has 31 heavy (non-hydrogen) atoms. The summed E-state index contributed by atoms with van der Waals surface area (Å²) in [5, 5.41) is 2.77. The Bertz CT molecular complexity index is 932. The number of nitrogens with one attached hydrogen (secondary N) is 2. The van der Waals surface area contributed by atoms with E-state index in [4.69, 9.17) is 9.52 Å². The first kappa shape index (κ1) is 20.6. The van der Waals surface area contributed by atoms with Gasteiger partial charge in [-0.3, -0.25) is 4.78 Å². The van der Waals surface area contributed by atoms with E-state index >= 15 is 0 Å². The molecule has 1 atom stereocenters. The van der Waals surface area contributed by atoms with Crippen LogP contribution < -0.4 is 5.32 Å². The summed E-state index contributed by atoms with van der Waals surface area (Å²) >= 11 is 0. The molecule has 11 heteroatoms. The van der Waals surface area contributed by atoms with Gasteiger partial charge >= 0.3 is 17.6 Å². The smallest absolute Gasteiger partial charge is 0.447 e. The lowest BCUT2D eigenvalue weighted by molar-refractivity contribution is -0.0827. The van der Waals surface area contributed by atoms with E-state index < -0.39 is 27.8 Å².